The average molecular weight is 1000 g/mol. The Morgan fingerprint density at radius 3 is 0.679 bits per heavy atom. The van der Waals surface area contributed by atoms with E-state index >= 15 is 0 Å². The quantitative estimate of drug-likeness (QED) is 0.0655. The van der Waals surface area contributed by atoms with Crippen LogP contribution in [0.4, 0.5) is 0 Å². The van der Waals surface area contributed by atoms with Crippen molar-refractivity contribution in [1.29, 1.82) is 0 Å². The van der Waals surface area contributed by atoms with Crippen LogP contribution in [0, 0.1) is 49.4 Å². The number of halogens is 3. The third-order valence-electron chi connectivity index (χ3n) is 7.34. The molecule has 0 aromatic rings. The molecule has 1 fully saturated rings. The van der Waals surface area contributed by atoms with E-state index in [4.69, 9.17) is 18.9 Å². The Kier molecular flexibility index (Phi) is 40.5. The molecular weight excluding hydrogens is 947 g/mol. The number of hydrogen-bond acceptors (Lipinski definition) is 16. The number of carbonyl (C=O) groups is 8. The second-order valence-electron chi connectivity index (χ2n) is 11.4. The monoisotopic (exact) mass is 1000 g/mol. The Balaban J connectivity index is -0.00000338. The van der Waals surface area contributed by atoms with Crippen LogP contribution in [0.5, 0.6) is 0 Å². The molecule has 4 N–H and O–H groups in total. The summed E-state index contributed by atoms with van der Waals surface area (Å²) in [6.45, 7) is 8.03. The minimum atomic E-state index is -0.580. The zero-order chi connectivity index (χ0) is 38.7. The molecule has 20 nitrogen and oxygen atoms in total. The van der Waals surface area contributed by atoms with Gasteiger partial charge in [0.2, 0.25) is 23.6 Å². The first-order valence-electron chi connectivity index (χ1n) is 17.5. The molecule has 324 valence electrons. The molecule has 0 saturated carbocycles. The molecule has 0 unspecified atom stereocenters. The first kappa shape index (κ1) is 60.7. The number of esters is 4. The van der Waals surface area contributed by atoms with E-state index < -0.39 is 47.5 Å². The molecule has 1 heterocycles. The average Bonchev–Trinajstić information content (AvgIpc) is 3.09. The predicted molar refractivity (Wildman–Crippen MR) is 184 cm³/mol. The Morgan fingerprint density at radius 1 is 0.375 bits per heavy atom. The smallest absolute Gasteiger partial charge is 1.00 e. The summed E-state index contributed by atoms with van der Waals surface area (Å²) in [5.41, 5.74) is 0. The summed E-state index contributed by atoms with van der Waals surface area (Å²) in [5, 5.41) is 10.2. The van der Waals surface area contributed by atoms with Gasteiger partial charge < -0.3 is 77.4 Å². The maximum atomic E-state index is 12.8. The fourth-order valence-electron chi connectivity index (χ4n) is 4.78. The van der Waals surface area contributed by atoms with Crippen molar-refractivity contribution in [3.63, 3.8) is 0 Å². The van der Waals surface area contributed by atoms with E-state index in [2.05, 4.69) is 21.3 Å². The Hall–Kier alpha value is -1.95. The van der Waals surface area contributed by atoms with Gasteiger partial charge >= 0.3 is 73.3 Å². The normalized spacial score (nSPS) is 14.1. The summed E-state index contributed by atoms with van der Waals surface area (Å²) in [6, 6.07) is 0. The van der Waals surface area contributed by atoms with Gasteiger partial charge in [0, 0.05) is 52.4 Å². The van der Waals surface area contributed by atoms with Crippen LogP contribution in [-0.4, -0.2) is 198 Å². The maximum Gasteiger partial charge on any atom is 3.00 e. The van der Waals surface area contributed by atoms with Gasteiger partial charge in [-0.15, -0.1) is 0 Å². The van der Waals surface area contributed by atoms with Gasteiger partial charge in [-0.2, -0.15) is 0 Å². The zero-order valence-corrected chi connectivity index (χ0v) is 37.0. The first-order chi connectivity index (χ1) is 24.9. The van der Waals surface area contributed by atoms with Crippen molar-refractivity contribution in [2.75, 3.05) is 131 Å². The van der Waals surface area contributed by atoms with Gasteiger partial charge in [-0.25, -0.2) is 0 Å². The zero-order valence-electron chi connectivity index (χ0n) is 32.3. The Bertz CT molecular complexity index is 1010. The van der Waals surface area contributed by atoms with E-state index in [0.29, 0.717) is 52.4 Å². The van der Waals surface area contributed by atoms with Crippen LogP contribution < -0.4 is 58.5 Å². The van der Waals surface area contributed by atoms with Gasteiger partial charge in [0.1, 0.15) is 26.2 Å². The van der Waals surface area contributed by atoms with E-state index in [-0.39, 0.29) is 165 Å². The molecule has 1 aliphatic rings. The van der Waals surface area contributed by atoms with Crippen LogP contribution in [0.3, 0.4) is 0 Å². The molecule has 0 aromatic heterocycles. The third kappa shape index (κ3) is 31.1. The number of nitrogens with one attached hydrogen (secondary N) is 4. The molecule has 0 aliphatic carbocycles. The number of amides is 4. The third-order valence-corrected chi connectivity index (χ3v) is 7.34. The van der Waals surface area contributed by atoms with Crippen LogP contribution >= 0.6 is 0 Å². The van der Waals surface area contributed by atoms with E-state index in [9.17, 15) is 38.4 Å². The SMILES string of the molecule is CCOC(=O)CNC(=O)CN1CCN(CC(=O)NCC(=O)OCC)CCN(CC(=O)NCC(=O)OCC)CCN(CC(=O)NCC(=O)OCC)CC1.[Cl-].[Cl-].[Cl-].[Eu+3]. The Labute approximate surface area is 388 Å². The number of carbonyl (C=O) groups excluding carboxylic acids is 8. The molecule has 0 atom stereocenters. The molecule has 0 radical (unpaired) electrons. The molecule has 0 aromatic carbocycles. The van der Waals surface area contributed by atoms with Crippen LogP contribution in [0.25, 0.3) is 0 Å². The van der Waals surface area contributed by atoms with Crippen LogP contribution in [-0.2, 0) is 57.3 Å². The summed E-state index contributed by atoms with van der Waals surface area (Å²) in [7, 11) is 0. The summed E-state index contributed by atoms with van der Waals surface area (Å²) in [6.07, 6.45) is 0. The van der Waals surface area contributed by atoms with Gasteiger partial charge in [-0.1, -0.05) is 0 Å². The van der Waals surface area contributed by atoms with Crippen molar-refractivity contribution in [1.82, 2.24) is 40.9 Å². The molecule has 1 rings (SSSR count). The van der Waals surface area contributed by atoms with Crippen molar-refractivity contribution in [3.8, 4) is 0 Å². The first-order valence-corrected chi connectivity index (χ1v) is 17.5. The van der Waals surface area contributed by atoms with E-state index in [1.54, 1.807) is 27.7 Å². The standard InChI is InChI=1S/C32H56N8O12.3ClH.Eu/c1-5-49-29(45)17-33-25(41)21-37-9-11-38(22-26(42)34-18-30(46)50-6-2)13-15-40(24-28(44)36-20-32(48)52-8-4)16-14-39(12-10-37)23-27(43)35-19-31(47)51-7-3;;;;/h5-24H2,1-4H3,(H,33,41)(H,34,42)(H,35,43)(H,36,44);3*1H;/q;;;;+3/p-3. The largest absolute Gasteiger partial charge is 3.00 e. The molecular formula is C32H56Cl3EuN8O12. The second kappa shape index (κ2) is 37.3. The minimum absolute atomic E-state index is 0. The van der Waals surface area contributed by atoms with E-state index in [1.807, 2.05) is 19.6 Å². The number of ether oxygens (including phenoxy) is 4. The molecule has 24 heteroatoms. The van der Waals surface area contributed by atoms with Crippen molar-refractivity contribution in [2.24, 2.45) is 0 Å². The minimum Gasteiger partial charge on any atom is -1.00 e. The molecule has 1 saturated heterocycles. The van der Waals surface area contributed by atoms with Crippen LogP contribution in [0.1, 0.15) is 27.7 Å². The van der Waals surface area contributed by atoms with Crippen molar-refractivity contribution in [2.45, 2.75) is 27.7 Å². The maximum absolute atomic E-state index is 12.8. The van der Waals surface area contributed by atoms with Gasteiger partial charge in [-0.3, -0.25) is 58.0 Å². The number of hydrogen-bond donors (Lipinski definition) is 4. The molecule has 0 bridgehead atoms. The summed E-state index contributed by atoms with van der Waals surface area (Å²) >= 11 is 0. The van der Waals surface area contributed by atoms with E-state index in [1.165, 1.54) is 0 Å². The van der Waals surface area contributed by atoms with Crippen LogP contribution in [0.15, 0.2) is 0 Å². The fraction of sp³-hybridized carbons (Fsp3) is 0.750. The van der Waals surface area contributed by atoms with E-state index in [0.717, 1.165) is 0 Å². The van der Waals surface area contributed by atoms with Crippen molar-refractivity contribution in [3.05, 3.63) is 0 Å². The molecule has 0 spiro atoms. The summed E-state index contributed by atoms with van der Waals surface area (Å²) in [4.78, 5) is 106. The Morgan fingerprint density at radius 2 is 0.536 bits per heavy atom. The molecule has 1 aliphatic heterocycles. The second-order valence-corrected chi connectivity index (χ2v) is 11.4. The van der Waals surface area contributed by atoms with Gasteiger partial charge in [0.25, 0.3) is 0 Å². The number of nitrogens with zero attached hydrogens (tertiary/aromatic N) is 4. The van der Waals surface area contributed by atoms with Gasteiger partial charge in [0.05, 0.1) is 52.6 Å². The molecule has 56 heavy (non-hydrogen) atoms. The fourth-order valence-corrected chi connectivity index (χ4v) is 4.78. The molecule has 4 amide bonds. The van der Waals surface area contributed by atoms with Crippen molar-refractivity contribution >= 4 is 47.5 Å². The van der Waals surface area contributed by atoms with Crippen LogP contribution in [0.2, 0.25) is 0 Å². The van der Waals surface area contributed by atoms with Gasteiger partial charge in [0.15, 0.2) is 0 Å². The van der Waals surface area contributed by atoms with Gasteiger partial charge in [-0.05, 0) is 27.7 Å². The predicted octanol–water partition coefficient (Wildman–Crippen LogP) is -13.1. The summed E-state index contributed by atoms with van der Waals surface area (Å²) in [5.74, 6) is -4.05. The number of rotatable bonds is 20. The van der Waals surface area contributed by atoms with Crippen molar-refractivity contribution < 1.29 is 144 Å². The summed E-state index contributed by atoms with van der Waals surface area (Å²) < 4.78 is 19.5. The topological polar surface area (TPSA) is 235 Å².